The fourth-order valence-corrected chi connectivity index (χ4v) is 2.43. The summed E-state index contributed by atoms with van der Waals surface area (Å²) < 4.78 is 5.16. The number of carboxylic acids is 1. The van der Waals surface area contributed by atoms with Crippen molar-refractivity contribution in [3.05, 3.63) is 0 Å². The van der Waals surface area contributed by atoms with E-state index in [2.05, 4.69) is 0 Å². The van der Waals surface area contributed by atoms with Crippen LogP contribution in [0, 0.1) is 11.8 Å². The van der Waals surface area contributed by atoms with Crippen molar-refractivity contribution in [3.63, 3.8) is 0 Å². The Morgan fingerprint density at radius 2 is 2.00 bits per heavy atom. The number of amides is 1. The van der Waals surface area contributed by atoms with E-state index in [0.717, 1.165) is 0 Å². The summed E-state index contributed by atoms with van der Waals surface area (Å²) in [4.78, 5) is 36.4. The summed E-state index contributed by atoms with van der Waals surface area (Å²) in [6.07, 6.45) is 1.24. The highest BCUT2D eigenvalue weighted by molar-refractivity contribution is 5.98. The summed E-state index contributed by atoms with van der Waals surface area (Å²) in [7, 11) is 0. The molecule has 1 saturated heterocycles. The highest BCUT2D eigenvalue weighted by atomic mass is 16.6. The normalized spacial score (nSPS) is 23.6. The van der Waals surface area contributed by atoms with Crippen LogP contribution in [0.15, 0.2) is 0 Å². The van der Waals surface area contributed by atoms with E-state index >= 15 is 0 Å². The maximum atomic E-state index is 12.2. The zero-order valence-electron chi connectivity index (χ0n) is 12.5. The number of carbonyl (C=O) groups is 3. The van der Waals surface area contributed by atoms with Gasteiger partial charge in [-0.3, -0.25) is 14.4 Å². The van der Waals surface area contributed by atoms with Crippen molar-refractivity contribution in [2.24, 2.45) is 11.8 Å². The number of piperidine rings is 1. The molecule has 1 heterocycles. The molecule has 0 aromatic rings. The second-order valence-electron chi connectivity index (χ2n) is 6.12. The molecule has 1 rings (SSSR count). The summed E-state index contributed by atoms with van der Waals surface area (Å²) in [5, 5.41) is 9.18. The fourth-order valence-electron chi connectivity index (χ4n) is 2.43. The lowest BCUT2D eigenvalue weighted by Gasteiger charge is -2.35. The molecule has 0 aliphatic carbocycles. The van der Waals surface area contributed by atoms with Crippen molar-refractivity contribution in [1.29, 1.82) is 0 Å². The second kappa shape index (κ2) is 6.24. The van der Waals surface area contributed by atoms with E-state index in [1.54, 1.807) is 20.8 Å². The van der Waals surface area contributed by atoms with Crippen molar-refractivity contribution in [2.75, 3.05) is 13.1 Å². The maximum Gasteiger partial charge on any atom is 0.326 e. The third kappa shape index (κ3) is 4.21. The highest BCUT2D eigenvalue weighted by Crippen LogP contribution is 2.27. The molecule has 114 valence electrons. The highest BCUT2D eigenvalue weighted by Gasteiger charge is 2.41. The Kier molecular flexibility index (Phi) is 5.14. The van der Waals surface area contributed by atoms with Crippen molar-refractivity contribution < 1.29 is 24.2 Å². The Morgan fingerprint density at radius 3 is 2.45 bits per heavy atom. The van der Waals surface area contributed by atoms with Crippen molar-refractivity contribution >= 4 is 17.8 Å². The van der Waals surface area contributed by atoms with Crippen LogP contribution in [0.2, 0.25) is 0 Å². The Bertz CT molecular complexity index is 399. The third-order valence-electron chi connectivity index (χ3n) is 3.35. The first-order valence-corrected chi connectivity index (χ1v) is 6.89. The lowest BCUT2D eigenvalue weighted by Crippen LogP contribution is -2.50. The van der Waals surface area contributed by atoms with E-state index < -0.39 is 29.4 Å². The van der Waals surface area contributed by atoms with Crippen LogP contribution in [0.25, 0.3) is 0 Å². The molecule has 6 heteroatoms. The summed E-state index contributed by atoms with van der Waals surface area (Å²) in [5.41, 5.74) is -0.617. The molecule has 0 spiro atoms. The average molecular weight is 285 g/mol. The number of likely N-dealkylation sites (tertiary alicyclic amines) is 1. The zero-order chi connectivity index (χ0) is 15.5. The monoisotopic (exact) mass is 285 g/mol. The second-order valence-corrected chi connectivity index (χ2v) is 6.12. The van der Waals surface area contributed by atoms with Crippen LogP contribution in [-0.2, 0) is 19.1 Å². The van der Waals surface area contributed by atoms with E-state index in [-0.39, 0.29) is 12.5 Å². The van der Waals surface area contributed by atoms with Crippen LogP contribution >= 0.6 is 0 Å². The fraction of sp³-hybridized carbons (Fsp3) is 0.786. The van der Waals surface area contributed by atoms with Gasteiger partial charge in [0.2, 0.25) is 5.91 Å². The Balaban J connectivity index is 2.71. The van der Waals surface area contributed by atoms with Crippen LogP contribution in [0.3, 0.4) is 0 Å². The van der Waals surface area contributed by atoms with Crippen LogP contribution < -0.4 is 0 Å². The molecule has 0 aromatic heterocycles. The smallest absolute Gasteiger partial charge is 0.326 e. The maximum absolute atomic E-state index is 12.2. The molecule has 0 aromatic carbocycles. The van der Waals surface area contributed by atoms with Gasteiger partial charge in [0, 0.05) is 6.54 Å². The topological polar surface area (TPSA) is 83.9 Å². The number of esters is 1. The minimum Gasteiger partial charge on any atom is -0.481 e. The van der Waals surface area contributed by atoms with Gasteiger partial charge in [0.15, 0.2) is 0 Å². The zero-order valence-corrected chi connectivity index (χ0v) is 12.5. The molecule has 2 atom stereocenters. The minimum absolute atomic E-state index is 0.158. The van der Waals surface area contributed by atoms with Gasteiger partial charge in [-0.15, -0.1) is 0 Å². The van der Waals surface area contributed by atoms with Crippen LogP contribution in [0.5, 0.6) is 0 Å². The molecular weight excluding hydrogens is 262 g/mol. The molecule has 1 fully saturated rings. The van der Waals surface area contributed by atoms with E-state index in [0.29, 0.717) is 19.4 Å². The molecule has 0 saturated carbocycles. The molecule has 1 amide bonds. The van der Waals surface area contributed by atoms with Gasteiger partial charge >= 0.3 is 11.9 Å². The minimum atomic E-state index is -1.12. The molecule has 0 bridgehead atoms. The molecule has 1 N–H and O–H groups in total. The Labute approximate surface area is 119 Å². The van der Waals surface area contributed by atoms with Gasteiger partial charge in [0.05, 0.1) is 0 Å². The number of carbonyl (C=O) groups excluding carboxylic acids is 2. The molecule has 1 aliphatic heterocycles. The number of aliphatic carboxylic acids is 1. The first-order valence-electron chi connectivity index (χ1n) is 6.89. The molecule has 0 unspecified atom stereocenters. The first kappa shape index (κ1) is 16.5. The summed E-state index contributed by atoms with van der Waals surface area (Å²) in [6, 6.07) is 0. The number of hydrogen-bond donors (Lipinski definition) is 1. The largest absolute Gasteiger partial charge is 0.481 e. The molecule has 0 radical (unpaired) electrons. The number of ether oxygens (including phenoxy) is 1. The first-order chi connectivity index (χ1) is 9.15. The Morgan fingerprint density at radius 1 is 1.40 bits per heavy atom. The average Bonchev–Trinajstić information content (AvgIpc) is 2.28. The van der Waals surface area contributed by atoms with Crippen molar-refractivity contribution in [1.82, 2.24) is 4.90 Å². The standard InChI is InChI=1S/C14H23NO5/c1-5-9-6-7-15(12(17)11(9)13(18)19)8-10(16)20-14(2,3)4/h9,11H,5-8H2,1-4H3,(H,18,19)/t9-,11+/m0/s1. The predicted octanol–water partition coefficient (Wildman–Crippen LogP) is 1.29. The van der Waals surface area contributed by atoms with Gasteiger partial charge in [-0.2, -0.15) is 0 Å². The van der Waals surface area contributed by atoms with Crippen LogP contribution in [-0.4, -0.2) is 46.5 Å². The summed E-state index contributed by atoms with van der Waals surface area (Å²) in [6.45, 7) is 7.33. The van der Waals surface area contributed by atoms with E-state index in [1.807, 2.05) is 6.92 Å². The quantitative estimate of drug-likeness (QED) is 0.621. The van der Waals surface area contributed by atoms with Gasteiger partial charge in [-0.1, -0.05) is 13.3 Å². The van der Waals surface area contributed by atoms with Crippen LogP contribution in [0.4, 0.5) is 0 Å². The van der Waals surface area contributed by atoms with Gasteiger partial charge in [-0.05, 0) is 33.1 Å². The van der Waals surface area contributed by atoms with Crippen LogP contribution in [0.1, 0.15) is 40.5 Å². The lowest BCUT2D eigenvalue weighted by molar-refractivity contribution is -0.165. The third-order valence-corrected chi connectivity index (χ3v) is 3.35. The molecule has 6 nitrogen and oxygen atoms in total. The van der Waals surface area contributed by atoms with Gasteiger partial charge < -0.3 is 14.7 Å². The van der Waals surface area contributed by atoms with Gasteiger partial charge in [0.25, 0.3) is 0 Å². The SMILES string of the molecule is CC[C@H]1CCN(CC(=O)OC(C)(C)C)C(=O)[C@@H]1C(=O)O. The molecular formula is C14H23NO5. The number of hydrogen-bond acceptors (Lipinski definition) is 4. The van der Waals surface area contributed by atoms with Crippen molar-refractivity contribution in [3.8, 4) is 0 Å². The molecule has 1 aliphatic rings. The van der Waals surface area contributed by atoms with Gasteiger partial charge in [0.1, 0.15) is 18.1 Å². The van der Waals surface area contributed by atoms with E-state index in [1.165, 1.54) is 4.90 Å². The van der Waals surface area contributed by atoms with E-state index in [9.17, 15) is 19.5 Å². The van der Waals surface area contributed by atoms with Crippen molar-refractivity contribution in [2.45, 2.75) is 46.1 Å². The van der Waals surface area contributed by atoms with Gasteiger partial charge in [-0.25, -0.2) is 0 Å². The Hall–Kier alpha value is -1.59. The summed E-state index contributed by atoms with van der Waals surface area (Å²) >= 11 is 0. The number of carboxylic acid groups (broad SMARTS) is 1. The van der Waals surface area contributed by atoms with E-state index in [4.69, 9.17) is 4.74 Å². The molecule has 20 heavy (non-hydrogen) atoms. The lowest BCUT2D eigenvalue weighted by atomic mass is 9.83. The number of rotatable bonds is 4. The number of nitrogens with zero attached hydrogens (tertiary/aromatic N) is 1. The summed E-state index contributed by atoms with van der Waals surface area (Å²) in [5.74, 6) is -3.31. The predicted molar refractivity (Wildman–Crippen MR) is 71.9 cm³/mol.